The van der Waals surface area contributed by atoms with Gasteiger partial charge < -0.3 is 4.74 Å². The van der Waals surface area contributed by atoms with Gasteiger partial charge >= 0.3 is 0 Å². The Hall–Kier alpha value is -3.58. The Labute approximate surface area is 191 Å². The first-order chi connectivity index (χ1) is 15.6. The average molecular weight is 445 g/mol. The van der Waals surface area contributed by atoms with E-state index in [1.807, 2.05) is 61.5 Å². The minimum Gasteiger partial charge on any atom is -0.494 e. The maximum absolute atomic E-state index is 13.2. The highest BCUT2D eigenvalue weighted by molar-refractivity contribution is 7.98. The zero-order valence-electron chi connectivity index (χ0n) is 18.0. The largest absolute Gasteiger partial charge is 0.494 e. The summed E-state index contributed by atoms with van der Waals surface area (Å²) >= 11 is 1.64. The topological polar surface area (TPSA) is 71.7 Å². The van der Waals surface area contributed by atoms with Crippen molar-refractivity contribution >= 4 is 23.1 Å². The summed E-state index contributed by atoms with van der Waals surface area (Å²) in [6, 6.07) is 25.1. The summed E-state index contributed by atoms with van der Waals surface area (Å²) in [4.78, 5) is 14.3. The standard InChI is InChI=1S/C25H24N4O2S/c1-3-31-21-13-11-19(12-14-21)26-27-24-23(17-32-22-15-9-18(2)10-16-22)28-29(25(24)30)20-7-5-4-6-8-20/h4-16,28H,3,17H2,1-2H3. The molecule has 0 aliphatic carbocycles. The predicted octanol–water partition coefficient (Wildman–Crippen LogP) is 6.58. The second-order valence-corrected chi connectivity index (χ2v) is 8.19. The molecule has 0 unspecified atom stereocenters. The molecule has 0 fully saturated rings. The van der Waals surface area contributed by atoms with E-state index in [-0.39, 0.29) is 5.56 Å². The molecule has 1 heterocycles. The molecule has 1 N–H and O–H groups in total. The Morgan fingerprint density at radius 2 is 1.66 bits per heavy atom. The number of aromatic nitrogens is 2. The lowest BCUT2D eigenvalue weighted by molar-refractivity contribution is 0.340. The number of para-hydroxylation sites is 1. The second kappa shape index (κ2) is 10.2. The van der Waals surface area contributed by atoms with Gasteiger partial charge in [0.15, 0.2) is 5.69 Å². The van der Waals surface area contributed by atoms with Gasteiger partial charge in [0, 0.05) is 10.6 Å². The highest BCUT2D eigenvalue weighted by Gasteiger charge is 2.15. The normalized spacial score (nSPS) is 11.2. The van der Waals surface area contributed by atoms with E-state index in [1.165, 1.54) is 10.2 Å². The summed E-state index contributed by atoms with van der Waals surface area (Å²) in [5, 5.41) is 11.8. The Morgan fingerprint density at radius 3 is 2.34 bits per heavy atom. The van der Waals surface area contributed by atoms with Crippen LogP contribution in [-0.2, 0) is 5.75 Å². The number of benzene rings is 3. The first-order valence-electron chi connectivity index (χ1n) is 10.4. The van der Waals surface area contributed by atoms with Crippen LogP contribution in [0.15, 0.2) is 98.8 Å². The Bertz CT molecular complexity index is 1240. The van der Waals surface area contributed by atoms with Gasteiger partial charge in [-0.15, -0.1) is 16.9 Å². The van der Waals surface area contributed by atoms with Gasteiger partial charge in [0.25, 0.3) is 5.56 Å². The minimum absolute atomic E-state index is 0.231. The van der Waals surface area contributed by atoms with Crippen molar-refractivity contribution in [2.24, 2.45) is 10.2 Å². The van der Waals surface area contributed by atoms with E-state index in [0.29, 0.717) is 23.7 Å². The molecule has 0 atom stereocenters. The van der Waals surface area contributed by atoms with Gasteiger partial charge in [0.1, 0.15) is 5.75 Å². The van der Waals surface area contributed by atoms with Crippen molar-refractivity contribution in [1.29, 1.82) is 0 Å². The number of aromatic amines is 1. The van der Waals surface area contributed by atoms with E-state index in [2.05, 4.69) is 46.5 Å². The molecule has 0 bridgehead atoms. The molecule has 0 saturated heterocycles. The van der Waals surface area contributed by atoms with Crippen molar-refractivity contribution in [1.82, 2.24) is 9.78 Å². The van der Waals surface area contributed by atoms with Crippen molar-refractivity contribution in [3.63, 3.8) is 0 Å². The second-order valence-electron chi connectivity index (χ2n) is 7.14. The molecule has 0 aliphatic heterocycles. The van der Waals surface area contributed by atoms with Crippen LogP contribution in [0.3, 0.4) is 0 Å². The van der Waals surface area contributed by atoms with Crippen molar-refractivity contribution in [2.75, 3.05) is 6.61 Å². The predicted molar refractivity (Wildman–Crippen MR) is 129 cm³/mol. The van der Waals surface area contributed by atoms with E-state index in [9.17, 15) is 4.79 Å². The molecule has 0 radical (unpaired) electrons. The number of H-pyrrole nitrogens is 1. The number of hydrogen-bond donors (Lipinski definition) is 1. The number of ether oxygens (including phenoxy) is 1. The van der Waals surface area contributed by atoms with Gasteiger partial charge in [-0.3, -0.25) is 9.89 Å². The molecule has 162 valence electrons. The van der Waals surface area contributed by atoms with Gasteiger partial charge in [-0.2, -0.15) is 5.11 Å². The van der Waals surface area contributed by atoms with E-state index in [0.717, 1.165) is 22.0 Å². The molecule has 0 spiro atoms. The van der Waals surface area contributed by atoms with Crippen molar-refractivity contribution in [2.45, 2.75) is 24.5 Å². The van der Waals surface area contributed by atoms with Crippen LogP contribution in [0.4, 0.5) is 11.4 Å². The van der Waals surface area contributed by atoms with Crippen molar-refractivity contribution in [3.8, 4) is 11.4 Å². The first-order valence-corrected chi connectivity index (χ1v) is 11.4. The monoisotopic (exact) mass is 444 g/mol. The molecule has 0 amide bonds. The third-order valence-electron chi connectivity index (χ3n) is 4.77. The number of aryl methyl sites for hydroxylation is 1. The smallest absolute Gasteiger partial charge is 0.299 e. The maximum Gasteiger partial charge on any atom is 0.299 e. The highest BCUT2D eigenvalue weighted by Crippen LogP contribution is 2.28. The summed E-state index contributed by atoms with van der Waals surface area (Å²) in [6.07, 6.45) is 0. The SMILES string of the molecule is CCOc1ccc(N=Nc2c(CSc3ccc(C)cc3)[nH]n(-c3ccccc3)c2=O)cc1. The molecule has 6 nitrogen and oxygen atoms in total. The van der Waals surface area contributed by atoms with Crippen LogP contribution >= 0.6 is 11.8 Å². The Balaban J connectivity index is 1.64. The number of rotatable bonds is 8. The van der Waals surface area contributed by atoms with Crippen LogP contribution in [0.2, 0.25) is 0 Å². The van der Waals surface area contributed by atoms with Gasteiger partial charge in [0.05, 0.1) is 23.7 Å². The van der Waals surface area contributed by atoms with Gasteiger partial charge in [0.2, 0.25) is 0 Å². The lowest BCUT2D eigenvalue weighted by Crippen LogP contribution is -2.13. The zero-order chi connectivity index (χ0) is 22.3. The first kappa shape index (κ1) is 21.6. The Morgan fingerprint density at radius 1 is 0.938 bits per heavy atom. The molecular weight excluding hydrogens is 420 g/mol. The molecule has 0 aliphatic rings. The maximum atomic E-state index is 13.2. The minimum atomic E-state index is -0.231. The molecule has 3 aromatic carbocycles. The molecule has 1 aromatic heterocycles. The summed E-state index contributed by atoms with van der Waals surface area (Å²) < 4.78 is 6.97. The number of azo groups is 1. The third-order valence-corrected chi connectivity index (χ3v) is 5.81. The zero-order valence-corrected chi connectivity index (χ0v) is 18.8. The molecule has 4 aromatic rings. The van der Waals surface area contributed by atoms with Crippen LogP contribution in [0.5, 0.6) is 5.75 Å². The number of nitrogens with zero attached hydrogens (tertiary/aromatic N) is 3. The number of nitrogens with one attached hydrogen (secondary N) is 1. The van der Waals surface area contributed by atoms with Crippen LogP contribution in [0.25, 0.3) is 5.69 Å². The van der Waals surface area contributed by atoms with Gasteiger partial charge in [-0.05, 0) is 62.4 Å². The highest BCUT2D eigenvalue weighted by atomic mass is 32.2. The van der Waals surface area contributed by atoms with E-state index in [1.54, 1.807) is 11.8 Å². The number of hydrogen-bond acceptors (Lipinski definition) is 5. The number of thioether (sulfide) groups is 1. The quantitative estimate of drug-likeness (QED) is 0.246. The van der Waals surface area contributed by atoms with Crippen LogP contribution in [0.1, 0.15) is 18.2 Å². The lowest BCUT2D eigenvalue weighted by Gasteiger charge is -2.03. The van der Waals surface area contributed by atoms with Gasteiger partial charge in [-0.1, -0.05) is 35.9 Å². The fourth-order valence-corrected chi connectivity index (χ4v) is 3.95. The Kier molecular flexibility index (Phi) is 6.87. The summed E-state index contributed by atoms with van der Waals surface area (Å²) in [6.45, 7) is 4.60. The molecule has 0 saturated carbocycles. The van der Waals surface area contributed by atoms with Crippen molar-refractivity contribution in [3.05, 3.63) is 100 Å². The van der Waals surface area contributed by atoms with Gasteiger partial charge in [-0.25, -0.2) is 4.68 Å². The molecule has 7 heteroatoms. The molecule has 32 heavy (non-hydrogen) atoms. The van der Waals surface area contributed by atoms with Crippen molar-refractivity contribution < 1.29 is 4.74 Å². The van der Waals surface area contributed by atoms with E-state index >= 15 is 0 Å². The van der Waals surface area contributed by atoms with Crippen LogP contribution in [0, 0.1) is 6.92 Å². The fourth-order valence-electron chi connectivity index (χ4n) is 3.11. The summed E-state index contributed by atoms with van der Waals surface area (Å²) in [5.74, 6) is 1.34. The van der Waals surface area contributed by atoms with E-state index < -0.39 is 0 Å². The van der Waals surface area contributed by atoms with Crippen LogP contribution in [-0.4, -0.2) is 16.4 Å². The average Bonchev–Trinajstić information content (AvgIpc) is 3.14. The fraction of sp³-hybridized carbons (Fsp3) is 0.160. The van der Waals surface area contributed by atoms with E-state index in [4.69, 9.17) is 4.74 Å². The third kappa shape index (κ3) is 5.18. The molecular formula is C25H24N4O2S. The summed E-state index contributed by atoms with van der Waals surface area (Å²) in [7, 11) is 0. The molecule has 4 rings (SSSR count). The summed E-state index contributed by atoms with van der Waals surface area (Å²) in [5.41, 5.74) is 3.41. The lowest BCUT2D eigenvalue weighted by atomic mass is 10.2. The van der Waals surface area contributed by atoms with Crippen LogP contribution < -0.4 is 10.3 Å².